The number of carbonyl (C=O) groups is 2. The minimum Gasteiger partial charge on any atom is -0.478 e. The van der Waals surface area contributed by atoms with Crippen molar-refractivity contribution in [3.05, 3.63) is 34.9 Å². The minimum absolute atomic E-state index is 0.361. The molecule has 0 saturated heterocycles. The van der Waals surface area contributed by atoms with E-state index in [1.54, 1.807) is 0 Å². The highest BCUT2D eigenvalue weighted by molar-refractivity contribution is 6.04. The van der Waals surface area contributed by atoms with Crippen LogP contribution in [0.4, 0.5) is 8.78 Å². The molecule has 4 nitrogen and oxygen atoms in total. The average molecular weight is 269 g/mol. The number of rotatable bonds is 4. The highest BCUT2D eigenvalue weighted by atomic mass is 19.2. The van der Waals surface area contributed by atoms with Crippen molar-refractivity contribution >= 4 is 11.9 Å². The molecule has 1 saturated carbocycles. The van der Waals surface area contributed by atoms with Gasteiger partial charge in [0.05, 0.1) is 11.1 Å². The van der Waals surface area contributed by atoms with Crippen molar-refractivity contribution in [2.45, 2.75) is 13.3 Å². The first-order chi connectivity index (χ1) is 8.90. The van der Waals surface area contributed by atoms with E-state index < -0.39 is 29.1 Å². The molecule has 0 aromatic heterocycles. The first-order valence-electron chi connectivity index (χ1n) is 5.90. The van der Waals surface area contributed by atoms with Gasteiger partial charge in [0.15, 0.2) is 11.6 Å². The van der Waals surface area contributed by atoms with Crippen LogP contribution in [-0.4, -0.2) is 23.5 Å². The highest BCUT2D eigenvalue weighted by Crippen LogP contribution is 2.36. The molecule has 2 N–H and O–H groups in total. The topological polar surface area (TPSA) is 66.4 Å². The van der Waals surface area contributed by atoms with Gasteiger partial charge in [-0.2, -0.15) is 0 Å². The molecule has 0 aliphatic heterocycles. The molecule has 0 bridgehead atoms. The zero-order valence-corrected chi connectivity index (χ0v) is 10.2. The van der Waals surface area contributed by atoms with Gasteiger partial charge in [-0.1, -0.05) is 6.92 Å². The van der Waals surface area contributed by atoms with Gasteiger partial charge in [-0.15, -0.1) is 0 Å². The Balaban J connectivity index is 2.19. The summed E-state index contributed by atoms with van der Waals surface area (Å²) >= 11 is 0. The predicted molar refractivity (Wildman–Crippen MR) is 62.9 cm³/mol. The number of carboxylic acids is 1. The van der Waals surface area contributed by atoms with Crippen molar-refractivity contribution in [1.29, 1.82) is 0 Å². The molecular formula is C13H13F2NO3. The van der Waals surface area contributed by atoms with E-state index in [4.69, 9.17) is 5.11 Å². The van der Waals surface area contributed by atoms with Gasteiger partial charge in [-0.25, -0.2) is 13.6 Å². The third kappa shape index (κ3) is 2.89. The van der Waals surface area contributed by atoms with Gasteiger partial charge >= 0.3 is 5.97 Å². The number of carboxylic acid groups (broad SMARTS) is 1. The van der Waals surface area contributed by atoms with Crippen LogP contribution in [0.15, 0.2) is 12.1 Å². The van der Waals surface area contributed by atoms with E-state index in [0.717, 1.165) is 6.42 Å². The van der Waals surface area contributed by atoms with Crippen LogP contribution in [0.3, 0.4) is 0 Å². The molecule has 1 aromatic rings. The molecule has 102 valence electrons. The summed E-state index contributed by atoms with van der Waals surface area (Å²) in [5, 5.41) is 11.4. The number of benzene rings is 1. The number of hydrogen-bond donors (Lipinski definition) is 2. The Morgan fingerprint density at radius 2 is 1.84 bits per heavy atom. The van der Waals surface area contributed by atoms with E-state index in [1.165, 1.54) is 0 Å². The van der Waals surface area contributed by atoms with Gasteiger partial charge in [0, 0.05) is 6.54 Å². The number of nitrogens with one attached hydrogen (secondary N) is 1. The summed E-state index contributed by atoms with van der Waals surface area (Å²) in [5.41, 5.74) is -0.903. The summed E-state index contributed by atoms with van der Waals surface area (Å²) in [5.74, 6) is -3.79. The second kappa shape index (κ2) is 4.95. The monoisotopic (exact) mass is 269 g/mol. The van der Waals surface area contributed by atoms with Gasteiger partial charge in [-0.05, 0) is 30.4 Å². The van der Waals surface area contributed by atoms with Crippen molar-refractivity contribution in [1.82, 2.24) is 5.32 Å². The lowest BCUT2D eigenvalue weighted by molar-refractivity contribution is 0.0690. The minimum atomic E-state index is -1.47. The Hall–Kier alpha value is -1.98. The van der Waals surface area contributed by atoms with Gasteiger partial charge in [0.1, 0.15) is 0 Å². The van der Waals surface area contributed by atoms with Crippen LogP contribution < -0.4 is 5.32 Å². The normalized spacial score (nSPS) is 21.0. The number of amides is 1. The van der Waals surface area contributed by atoms with Crippen LogP contribution in [0.1, 0.15) is 34.1 Å². The molecule has 2 rings (SSSR count). The maximum absolute atomic E-state index is 13.1. The Kier molecular flexibility index (Phi) is 3.50. The number of aromatic carboxylic acids is 1. The molecule has 1 aliphatic carbocycles. The maximum Gasteiger partial charge on any atom is 0.336 e. The van der Waals surface area contributed by atoms with Gasteiger partial charge in [-0.3, -0.25) is 4.79 Å². The van der Waals surface area contributed by atoms with E-state index in [2.05, 4.69) is 5.32 Å². The van der Waals surface area contributed by atoms with E-state index in [-0.39, 0.29) is 5.56 Å². The van der Waals surface area contributed by atoms with Crippen LogP contribution in [0, 0.1) is 23.5 Å². The first kappa shape index (κ1) is 13.5. The molecule has 1 aliphatic rings. The SMILES string of the molecule is CC1CC1CNC(=O)c1cc(F)c(F)cc1C(=O)O. The Morgan fingerprint density at radius 3 is 2.32 bits per heavy atom. The van der Waals surface area contributed by atoms with Crippen LogP contribution in [0.5, 0.6) is 0 Å². The van der Waals surface area contributed by atoms with Crippen LogP contribution in [0.25, 0.3) is 0 Å². The molecule has 6 heteroatoms. The van der Waals surface area contributed by atoms with Crippen molar-refractivity contribution < 1.29 is 23.5 Å². The largest absolute Gasteiger partial charge is 0.478 e. The molecule has 1 amide bonds. The fourth-order valence-corrected chi connectivity index (χ4v) is 1.91. The summed E-state index contributed by atoms with van der Waals surface area (Å²) in [7, 11) is 0. The second-order valence-electron chi connectivity index (χ2n) is 4.80. The van der Waals surface area contributed by atoms with Crippen molar-refractivity contribution in [2.24, 2.45) is 11.8 Å². The van der Waals surface area contributed by atoms with Crippen LogP contribution in [0.2, 0.25) is 0 Å². The van der Waals surface area contributed by atoms with Gasteiger partial charge < -0.3 is 10.4 Å². The van der Waals surface area contributed by atoms with E-state index in [9.17, 15) is 18.4 Å². The second-order valence-corrected chi connectivity index (χ2v) is 4.80. The lowest BCUT2D eigenvalue weighted by atomic mass is 10.1. The first-order valence-corrected chi connectivity index (χ1v) is 5.90. The molecule has 2 atom stereocenters. The molecular weight excluding hydrogens is 256 g/mol. The standard InChI is InChI=1S/C13H13F2NO3/c1-6-2-7(6)5-16-12(17)8-3-10(14)11(15)4-9(8)13(18)19/h3-4,6-7H,2,5H2,1H3,(H,16,17)(H,18,19). The third-order valence-corrected chi connectivity index (χ3v) is 3.34. The summed E-state index contributed by atoms with van der Waals surface area (Å²) in [6, 6.07) is 1.14. The number of halogens is 2. The maximum atomic E-state index is 13.1. The number of hydrogen-bond acceptors (Lipinski definition) is 2. The molecule has 1 fully saturated rings. The summed E-state index contributed by atoms with van der Waals surface area (Å²) in [6.45, 7) is 2.45. The molecule has 0 radical (unpaired) electrons. The third-order valence-electron chi connectivity index (χ3n) is 3.34. The summed E-state index contributed by atoms with van der Waals surface area (Å²) < 4.78 is 26.1. The van der Waals surface area contributed by atoms with Crippen molar-refractivity contribution in [2.75, 3.05) is 6.54 Å². The van der Waals surface area contributed by atoms with E-state index in [0.29, 0.717) is 30.5 Å². The summed E-state index contributed by atoms with van der Waals surface area (Å²) in [4.78, 5) is 22.7. The Morgan fingerprint density at radius 1 is 1.32 bits per heavy atom. The fourth-order valence-electron chi connectivity index (χ4n) is 1.91. The van der Waals surface area contributed by atoms with Crippen molar-refractivity contribution in [3.8, 4) is 0 Å². The number of carbonyl (C=O) groups excluding carboxylic acids is 1. The Bertz CT molecular complexity index is 545. The zero-order valence-electron chi connectivity index (χ0n) is 10.2. The average Bonchev–Trinajstić information content (AvgIpc) is 3.05. The van der Waals surface area contributed by atoms with Gasteiger partial charge in [0.2, 0.25) is 0 Å². The van der Waals surface area contributed by atoms with Crippen LogP contribution >= 0.6 is 0 Å². The zero-order chi connectivity index (χ0) is 14.2. The van der Waals surface area contributed by atoms with E-state index >= 15 is 0 Å². The highest BCUT2D eigenvalue weighted by Gasteiger charge is 2.32. The fraction of sp³-hybridized carbons (Fsp3) is 0.385. The van der Waals surface area contributed by atoms with E-state index in [1.807, 2.05) is 6.92 Å². The van der Waals surface area contributed by atoms with Gasteiger partial charge in [0.25, 0.3) is 5.91 Å². The Labute approximate surface area is 108 Å². The molecule has 19 heavy (non-hydrogen) atoms. The smallest absolute Gasteiger partial charge is 0.336 e. The molecule has 0 heterocycles. The van der Waals surface area contributed by atoms with Crippen LogP contribution in [-0.2, 0) is 0 Å². The summed E-state index contributed by atoms with van der Waals surface area (Å²) in [6.07, 6.45) is 1.00. The quantitative estimate of drug-likeness (QED) is 0.879. The molecule has 2 unspecified atom stereocenters. The lowest BCUT2D eigenvalue weighted by Crippen LogP contribution is -2.28. The lowest BCUT2D eigenvalue weighted by Gasteiger charge is -2.08. The van der Waals surface area contributed by atoms with Crippen molar-refractivity contribution in [3.63, 3.8) is 0 Å². The molecule has 1 aromatic carbocycles. The molecule has 0 spiro atoms. The predicted octanol–water partition coefficient (Wildman–Crippen LogP) is 2.05.